The second-order valence-corrected chi connectivity index (χ2v) is 6.38. The largest absolute Gasteiger partial charge is 0.456 e. The molecule has 3 heteroatoms. The molecule has 0 aliphatic heterocycles. The highest BCUT2D eigenvalue weighted by molar-refractivity contribution is 5.92. The van der Waals surface area contributed by atoms with Gasteiger partial charge in [-0.15, -0.1) is 0 Å². The number of rotatable bonds is 4. The molecule has 0 spiro atoms. The van der Waals surface area contributed by atoms with Gasteiger partial charge in [-0.2, -0.15) is 0 Å². The highest BCUT2D eigenvalue weighted by Crippen LogP contribution is 2.28. The van der Waals surface area contributed by atoms with E-state index in [1.807, 2.05) is 85.8 Å². The van der Waals surface area contributed by atoms with Crippen LogP contribution in [0.2, 0.25) is 0 Å². The summed E-state index contributed by atoms with van der Waals surface area (Å²) in [7, 11) is 0. The van der Waals surface area contributed by atoms with Gasteiger partial charge in [-0.3, -0.25) is 4.79 Å². The number of amides is 1. The molecule has 1 amide bonds. The van der Waals surface area contributed by atoms with Crippen molar-refractivity contribution in [3.05, 3.63) is 90.0 Å². The lowest BCUT2D eigenvalue weighted by Crippen LogP contribution is -2.14. The SMILES string of the molecule is Cc1ccccc1CC(=O)Nc1ccc(-c2cc3ccccc3o2)cc1. The van der Waals surface area contributed by atoms with E-state index in [0.717, 1.165) is 39.1 Å². The highest BCUT2D eigenvalue weighted by Gasteiger charge is 2.08. The van der Waals surface area contributed by atoms with Gasteiger partial charge in [0.2, 0.25) is 5.91 Å². The molecule has 0 saturated carbocycles. The minimum absolute atomic E-state index is 0.0178. The molecule has 4 rings (SSSR count). The number of fused-ring (bicyclic) bond motifs is 1. The van der Waals surface area contributed by atoms with E-state index in [1.165, 1.54) is 0 Å². The Balaban J connectivity index is 1.47. The van der Waals surface area contributed by atoms with Gasteiger partial charge < -0.3 is 9.73 Å². The Morgan fingerprint density at radius 3 is 2.42 bits per heavy atom. The van der Waals surface area contributed by atoms with E-state index in [4.69, 9.17) is 4.42 Å². The van der Waals surface area contributed by atoms with Gasteiger partial charge in [-0.25, -0.2) is 0 Å². The van der Waals surface area contributed by atoms with Crippen LogP contribution in [0.25, 0.3) is 22.3 Å². The molecule has 1 aromatic heterocycles. The third-order valence-corrected chi connectivity index (χ3v) is 4.49. The lowest BCUT2D eigenvalue weighted by atomic mass is 10.1. The summed E-state index contributed by atoms with van der Waals surface area (Å²) in [5.41, 5.74) is 4.81. The van der Waals surface area contributed by atoms with Crippen molar-refractivity contribution in [1.29, 1.82) is 0 Å². The second kappa shape index (κ2) is 6.89. The number of para-hydroxylation sites is 1. The second-order valence-electron chi connectivity index (χ2n) is 6.38. The average molecular weight is 341 g/mol. The molecule has 0 unspecified atom stereocenters. The number of carbonyl (C=O) groups excluding carboxylic acids is 1. The van der Waals surface area contributed by atoms with Crippen molar-refractivity contribution < 1.29 is 9.21 Å². The van der Waals surface area contributed by atoms with Crippen LogP contribution in [0.1, 0.15) is 11.1 Å². The van der Waals surface area contributed by atoms with Gasteiger partial charge in [0.1, 0.15) is 11.3 Å². The minimum Gasteiger partial charge on any atom is -0.456 e. The molecule has 0 saturated heterocycles. The first-order valence-corrected chi connectivity index (χ1v) is 8.62. The summed E-state index contributed by atoms with van der Waals surface area (Å²) >= 11 is 0. The lowest BCUT2D eigenvalue weighted by molar-refractivity contribution is -0.115. The quantitative estimate of drug-likeness (QED) is 0.526. The number of benzene rings is 3. The monoisotopic (exact) mass is 341 g/mol. The van der Waals surface area contributed by atoms with Crippen LogP contribution in [-0.2, 0) is 11.2 Å². The molecule has 0 fully saturated rings. The average Bonchev–Trinajstić information content (AvgIpc) is 3.08. The predicted molar refractivity (Wildman–Crippen MR) is 105 cm³/mol. The minimum atomic E-state index is -0.0178. The summed E-state index contributed by atoms with van der Waals surface area (Å²) in [6.45, 7) is 2.02. The van der Waals surface area contributed by atoms with E-state index in [9.17, 15) is 4.79 Å². The number of furan rings is 1. The number of hydrogen-bond donors (Lipinski definition) is 1. The van der Waals surface area contributed by atoms with Crippen molar-refractivity contribution in [3.63, 3.8) is 0 Å². The predicted octanol–water partition coefficient (Wildman–Crippen LogP) is 5.59. The number of hydrogen-bond acceptors (Lipinski definition) is 2. The fourth-order valence-electron chi connectivity index (χ4n) is 3.03. The lowest BCUT2D eigenvalue weighted by Gasteiger charge is -2.08. The zero-order chi connectivity index (χ0) is 17.9. The first-order valence-electron chi connectivity index (χ1n) is 8.62. The summed E-state index contributed by atoms with van der Waals surface area (Å²) in [5.74, 6) is 0.805. The fraction of sp³-hybridized carbons (Fsp3) is 0.0870. The molecular formula is C23H19NO2. The van der Waals surface area contributed by atoms with Gasteiger partial charge in [0.15, 0.2) is 0 Å². The van der Waals surface area contributed by atoms with E-state index in [2.05, 4.69) is 5.32 Å². The summed E-state index contributed by atoms with van der Waals surface area (Å²) < 4.78 is 5.88. The third kappa shape index (κ3) is 3.38. The van der Waals surface area contributed by atoms with Crippen LogP contribution in [0.5, 0.6) is 0 Å². The van der Waals surface area contributed by atoms with Gasteiger partial charge >= 0.3 is 0 Å². The van der Waals surface area contributed by atoms with E-state index in [0.29, 0.717) is 6.42 Å². The van der Waals surface area contributed by atoms with E-state index < -0.39 is 0 Å². The van der Waals surface area contributed by atoms with E-state index >= 15 is 0 Å². The number of carbonyl (C=O) groups is 1. The summed E-state index contributed by atoms with van der Waals surface area (Å²) in [4.78, 5) is 12.3. The smallest absolute Gasteiger partial charge is 0.228 e. The van der Waals surface area contributed by atoms with Crippen LogP contribution >= 0.6 is 0 Å². The van der Waals surface area contributed by atoms with Crippen LogP contribution in [0.15, 0.2) is 83.3 Å². The van der Waals surface area contributed by atoms with Crippen molar-refractivity contribution in [2.45, 2.75) is 13.3 Å². The van der Waals surface area contributed by atoms with Crippen molar-refractivity contribution >= 4 is 22.6 Å². The Kier molecular flexibility index (Phi) is 4.28. The highest BCUT2D eigenvalue weighted by atomic mass is 16.3. The Labute approximate surface area is 152 Å². The fourth-order valence-corrected chi connectivity index (χ4v) is 3.03. The third-order valence-electron chi connectivity index (χ3n) is 4.49. The summed E-state index contributed by atoms with van der Waals surface area (Å²) in [6, 6.07) is 25.6. The molecule has 0 aliphatic rings. The molecule has 128 valence electrons. The normalized spacial score (nSPS) is 10.8. The Morgan fingerprint density at radius 1 is 0.923 bits per heavy atom. The van der Waals surface area contributed by atoms with E-state index in [-0.39, 0.29) is 5.91 Å². The van der Waals surface area contributed by atoms with Crippen LogP contribution in [0.3, 0.4) is 0 Å². The molecule has 0 radical (unpaired) electrons. The maximum Gasteiger partial charge on any atom is 0.228 e. The van der Waals surface area contributed by atoms with Gasteiger partial charge in [0, 0.05) is 16.6 Å². The molecule has 0 atom stereocenters. The Morgan fingerprint density at radius 2 is 1.65 bits per heavy atom. The molecule has 0 aliphatic carbocycles. The molecule has 0 bridgehead atoms. The molecule has 3 aromatic carbocycles. The number of anilines is 1. The topological polar surface area (TPSA) is 42.2 Å². The summed E-state index contributed by atoms with van der Waals surface area (Å²) in [5, 5.41) is 4.03. The van der Waals surface area contributed by atoms with Gasteiger partial charge in [0.05, 0.1) is 6.42 Å². The standard InChI is InChI=1S/C23H19NO2/c1-16-6-2-3-7-18(16)15-23(25)24-20-12-10-17(11-13-20)22-14-19-8-4-5-9-21(19)26-22/h2-14H,15H2,1H3,(H,24,25). The van der Waals surface area contributed by atoms with Crippen LogP contribution in [-0.4, -0.2) is 5.91 Å². The molecule has 3 nitrogen and oxygen atoms in total. The van der Waals surface area contributed by atoms with Gasteiger partial charge in [-0.05, 0) is 54.4 Å². The zero-order valence-corrected chi connectivity index (χ0v) is 14.5. The van der Waals surface area contributed by atoms with Crippen LogP contribution in [0, 0.1) is 6.92 Å². The van der Waals surface area contributed by atoms with Crippen molar-refractivity contribution in [2.75, 3.05) is 5.32 Å². The first-order chi connectivity index (χ1) is 12.7. The molecule has 1 N–H and O–H groups in total. The summed E-state index contributed by atoms with van der Waals surface area (Å²) in [6.07, 6.45) is 0.373. The van der Waals surface area contributed by atoms with Gasteiger partial charge in [0.25, 0.3) is 0 Å². The number of nitrogens with one attached hydrogen (secondary N) is 1. The zero-order valence-electron chi connectivity index (χ0n) is 14.5. The molecule has 4 aromatic rings. The first kappa shape index (κ1) is 16.2. The van der Waals surface area contributed by atoms with Crippen LogP contribution < -0.4 is 5.32 Å². The van der Waals surface area contributed by atoms with E-state index in [1.54, 1.807) is 0 Å². The van der Waals surface area contributed by atoms with Crippen molar-refractivity contribution in [3.8, 4) is 11.3 Å². The van der Waals surface area contributed by atoms with Crippen LogP contribution in [0.4, 0.5) is 5.69 Å². The van der Waals surface area contributed by atoms with Crippen molar-refractivity contribution in [1.82, 2.24) is 0 Å². The molecule has 1 heterocycles. The maximum absolute atomic E-state index is 12.3. The molecular weight excluding hydrogens is 322 g/mol. The number of aryl methyl sites for hydroxylation is 1. The Hall–Kier alpha value is -3.33. The Bertz CT molecular complexity index is 1030. The van der Waals surface area contributed by atoms with Gasteiger partial charge in [-0.1, -0.05) is 42.5 Å². The van der Waals surface area contributed by atoms with Crippen molar-refractivity contribution in [2.24, 2.45) is 0 Å². The maximum atomic E-state index is 12.3. The molecule has 26 heavy (non-hydrogen) atoms.